The number of aryl methyl sites for hydroxylation is 1. The summed E-state index contributed by atoms with van der Waals surface area (Å²) in [5.74, 6) is -1.28. The Morgan fingerprint density at radius 2 is 1.95 bits per heavy atom. The molecule has 110 valence electrons. The highest BCUT2D eigenvalue weighted by atomic mass is 19.4. The normalized spacial score (nSPS) is 11.1. The molecule has 0 unspecified atom stereocenters. The first-order valence-corrected chi connectivity index (χ1v) is 5.53. The summed E-state index contributed by atoms with van der Waals surface area (Å²) in [7, 11) is 0.970. The molecule has 5 nitrogen and oxygen atoms in total. The SMILES string of the molecule is Cc1ccc(NC(=O)N(C)CC(F)(F)F)c(C(=O)O)c1. The van der Waals surface area contributed by atoms with Crippen LogP contribution in [0.15, 0.2) is 18.2 Å². The van der Waals surface area contributed by atoms with Gasteiger partial charge in [0.15, 0.2) is 0 Å². The van der Waals surface area contributed by atoms with Crippen molar-refractivity contribution in [1.29, 1.82) is 0 Å². The molecule has 0 radical (unpaired) electrons. The fourth-order valence-electron chi connectivity index (χ4n) is 1.50. The molecule has 0 aliphatic heterocycles. The number of carboxylic acids is 1. The summed E-state index contributed by atoms with van der Waals surface area (Å²) in [5.41, 5.74) is 0.421. The van der Waals surface area contributed by atoms with Crippen LogP contribution >= 0.6 is 0 Å². The minimum Gasteiger partial charge on any atom is -0.478 e. The van der Waals surface area contributed by atoms with Gasteiger partial charge in [0.25, 0.3) is 0 Å². The molecule has 0 aliphatic rings. The molecule has 2 N–H and O–H groups in total. The lowest BCUT2D eigenvalue weighted by Gasteiger charge is -2.20. The van der Waals surface area contributed by atoms with Gasteiger partial charge >= 0.3 is 18.2 Å². The van der Waals surface area contributed by atoms with Crippen molar-refractivity contribution in [3.05, 3.63) is 29.3 Å². The molecule has 1 rings (SSSR count). The second-order valence-corrected chi connectivity index (χ2v) is 4.26. The Morgan fingerprint density at radius 3 is 2.45 bits per heavy atom. The van der Waals surface area contributed by atoms with E-state index in [2.05, 4.69) is 5.32 Å². The molecule has 0 heterocycles. The lowest BCUT2D eigenvalue weighted by atomic mass is 10.1. The molecule has 2 amide bonds. The molecular weight excluding hydrogens is 277 g/mol. The van der Waals surface area contributed by atoms with Crippen molar-refractivity contribution in [2.75, 3.05) is 18.9 Å². The summed E-state index contributed by atoms with van der Waals surface area (Å²) in [6.07, 6.45) is -4.52. The van der Waals surface area contributed by atoms with Gasteiger partial charge in [-0.15, -0.1) is 0 Å². The Bertz CT molecular complexity index is 529. The molecule has 1 aromatic carbocycles. The first kappa shape index (κ1) is 15.8. The van der Waals surface area contributed by atoms with Crippen LogP contribution in [-0.2, 0) is 0 Å². The number of amides is 2. The number of nitrogens with one attached hydrogen (secondary N) is 1. The number of carbonyl (C=O) groups excluding carboxylic acids is 1. The standard InChI is InChI=1S/C12H13F3N2O3/c1-7-3-4-9(8(5-7)10(18)19)16-11(20)17(2)6-12(13,14)15/h3-5H,6H2,1-2H3,(H,16,20)(H,18,19). The van der Waals surface area contributed by atoms with Gasteiger partial charge in [-0.2, -0.15) is 13.2 Å². The highest BCUT2D eigenvalue weighted by Crippen LogP contribution is 2.19. The van der Waals surface area contributed by atoms with Crippen molar-refractivity contribution in [2.45, 2.75) is 13.1 Å². The fraction of sp³-hybridized carbons (Fsp3) is 0.333. The van der Waals surface area contributed by atoms with E-state index in [9.17, 15) is 22.8 Å². The molecular formula is C12H13F3N2O3. The van der Waals surface area contributed by atoms with E-state index in [-0.39, 0.29) is 11.3 Å². The largest absolute Gasteiger partial charge is 0.478 e. The van der Waals surface area contributed by atoms with Crippen molar-refractivity contribution in [3.63, 3.8) is 0 Å². The van der Waals surface area contributed by atoms with Gasteiger partial charge in [0.1, 0.15) is 6.54 Å². The monoisotopic (exact) mass is 290 g/mol. The van der Waals surface area contributed by atoms with Crippen LogP contribution in [0.1, 0.15) is 15.9 Å². The maximum atomic E-state index is 12.1. The molecule has 0 atom stereocenters. The van der Waals surface area contributed by atoms with Crippen LogP contribution in [0, 0.1) is 6.92 Å². The minimum atomic E-state index is -4.52. The van der Waals surface area contributed by atoms with Gasteiger partial charge in [0.05, 0.1) is 11.3 Å². The Hall–Kier alpha value is -2.25. The van der Waals surface area contributed by atoms with Gasteiger partial charge in [0.2, 0.25) is 0 Å². The predicted octanol–water partition coefficient (Wildman–Crippen LogP) is 2.72. The second kappa shape index (κ2) is 5.81. The molecule has 8 heteroatoms. The maximum absolute atomic E-state index is 12.1. The van der Waals surface area contributed by atoms with E-state index in [1.807, 2.05) is 0 Å². The zero-order chi connectivity index (χ0) is 15.5. The summed E-state index contributed by atoms with van der Waals surface area (Å²) in [5, 5.41) is 11.1. The lowest BCUT2D eigenvalue weighted by molar-refractivity contribution is -0.137. The average molecular weight is 290 g/mol. The fourth-order valence-corrected chi connectivity index (χ4v) is 1.50. The van der Waals surface area contributed by atoms with Gasteiger partial charge in [-0.1, -0.05) is 11.6 Å². The number of anilines is 1. The van der Waals surface area contributed by atoms with Crippen LogP contribution in [0.2, 0.25) is 0 Å². The molecule has 0 saturated heterocycles. The highest BCUT2D eigenvalue weighted by Gasteiger charge is 2.31. The third-order valence-corrected chi connectivity index (χ3v) is 2.41. The van der Waals surface area contributed by atoms with Crippen LogP contribution in [0.25, 0.3) is 0 Å². The van der Waals surface area contributed by atoms with E-state index >= 15 is 0 Å². The van der Waals surface area contributed by atoms with Crippen LogP contribution in [0.4, 0.5) is 23.7 Å². The molecule has 0 bridgehead atoms. The van der Waals surface area contributed by atoms with Crippen LogP contribution in [0.3, 0.4) is 0 Å². The molecule has 0 saturated carbocycles. The molecule has 0 aromatic heterocycles. The number of urea groups is 1. The number of hydrogen-bond donors (Lipinski definition) is 2. The quantitative estimate of drug-likeness (QED) is 0.899. The van der Waals surface area contributed by atoms with Crippen LogP contribution in [-0.4, -0.2) is 41.8 Å². The highest BCUT2D eigenvalue weighted by molar-refractivity contribution is 6.00. The van der Waals surface area contributed by atoms with E-state index < -0.39 is 24.7 Å². The van der Waals surface area contributed by atoms with Gasteiger partial charge in [0, 0.05) is 7.05 Å². The number of benzene rings is 1. The minimum absolute atomic E-state index is 0.0536. The lowest BCUT2D eigenvalue weighted by Crippen LogP contribution is -2.38. The van der Waals surface area contributed by atoms with Gasteiger partial charge < -0.3 is 15.3 Å². The Balaban J connectivity index is 2.88. The Kier molecular flexibility index (Phi) is 4.59. The average Bonchev–Trinajstić information content (AvgIpc) is 2.28. The van der Waals surface area contributed by atoms with Gasteiger partial charge in [-0.25, -0.2) is 9.59 Å². The smallest absolute Gasteiger partial charge is 0.406 e. The first-order chi connectivity index (χ1) is 9.10. The van der Waals surface area contributed by atoms with Crippen molar-refractivity contribution in [1.82, 2.24) is 4.90 Å². The molecule has 1 aromatic rings. The zero-order valence-corrected chi connectivity index (χ0v) is 10.8. The molecule has 0 aliphatic carbocycles. The summed E-state index contributed by atoms with van der Waals surface area (Å²) in [4.78, 5) is 23.0. The second-order valence-electron chi connectivity index (χ2n) is 4.26. The van der Waals surface area contributed by atoms with E-state index in [4.69, 9.17) is 5.11 Å². The van der Waals surface area contributed by atoms with E-state index in [0.29, 0.717) is 10.5 Å². The van der Waals surface area contributed by atoms with Crippen LogP contribution < -0.4 is 5.32 Å². The van der Waals surface area contributed by atoms with E-state index in [0.717, 1.165) is 7.05 Å². The number of alkyl halides is 3. The van der Waals surface area contributed by atoms with Gasteiger partial charge in [-0.05, 0) is 19.1 Å². The number of carboxylic acid groups (broad SMARTS) is 1. The maximum Gasteiger partial charge on any atom is 0.406 e. The van der Waals surface area contributed by atoms with Crippen molar-refractivity contribution in [2.24, 2.45) is 0 Å². The number of hydrogen-bond acceptors (Lipinski definition) is 2. The number of aromatic carboxylic acids is 1. The number of halogens is 3. The molecule has 0 fully saturated rings. The topological polar surface area (TPSA) is 69.6 Å². The summed E-state index contributed by atoms with van der Waals surface area (Å²) in [6.45, 7) is 0.237. The van der Waals surface area contributed by atoms with Crippen molar-refractivity contribution in [3.8, 4) is 0 Å². The molecule has 20 heavy (non-hydrogen) atoms. The summed E-state index contributed by atoms with van der Waals surface area (Å²) in [6, 6.07) is 3.17. The van der Waals surface area contributed by atoms with Crippen molar-refractivity contribution >= 4 is 17.7 Å². The van der Waals surface area contributed by atoms with Crippen LogP contribution in [0.5, 0.6) is 0 Å². The van der Waals surface area contributed by atoms with E-state index in [1.165, 1.54) is 12.1 Å². The number of rotatable bonds is 3. The van der Waals surface area contributed by atoms with Crippen molar-refractivity contribution < 1.29 is 27.9 Å². The summed E-state index contributed by atoms with van der Waals surface area (Å²) < 4.78 is 36.4. The first-order valence-electron chi connectivity index (χ1n) is 5.53. The predicted molar refractivity (Wildman–Crippen MR) is 65.8 cm³/mol. The third kappa shape index (κ3) is 4.45. The summed E-state index contributed by atoms with van der Waals surface area (Å²) >= 11 is 0. The molecule has 0 spiro atoms. The third-order valence-electron chi connectivity index (χ3n) is 2.41. The number of carbonyl (C=O) groups is 2. The number of nitrogens with zero attached hydrogens (tertiary/aromatic N) is 1. The zero-order valence-electron chi connectivity index (χ0n) is 10.8. The Morgan fingerprint density at radius 1 is 1.35 bits per heavy atom. The van der Waals surface area contributed by atoms with Gasteiger partial charge in [-0.3, -0.25) is 0 Å². The Labute approximate surface area is 113 Å². The van der Waals surface area contributed by atoms with E-state index in [1.54, 1.807) is 13.0 Å².